The van der Waals surface area contributed by atoms with Gasteiger partial charge in [-0.25, -0.2) is 0 Å². The average Bonchev–Trinajstić information content (AvgIpc) is 2.86. The zero-order valence-corrected chi connectivity index (χ0v) is 9.24. The van der Waals surface area contributed by atoms with Crippen LogP contribution in [0.25, 0.3) is 0 Å². The van der Waals surface area contributed by atoms with E-state index in [2.05, 4.69) is 25.7 Å². The Hall–Kier alpha value is -2.35. The molecule has 0 saturated heterocycles. The molecule has 3 rings (SSSR count). The Morgan fingerprint density at radius 2 is 2.24 bits per heavy atom. The first-order chi connectivity index (χ1) is 8.36. The molecule has 0 atom stereocenters. The molecule has 5 heteroatoms. The number of hydrogen-bond acceptors (Lipinski definition) is 4. The maximum absolute atomic E-state index is 8.89. The highest BCUT2D eigenvalue weighted by Gasteiger charge is 2.17. The number of hydrogen-bond donors (Lipinski definition) is 0. The highest BCUT2D eigenvalue weighted by molar-refractivity contribution is 5.51. The maximum atomic E-state index is 8.89. The van der Waals surface area contributed by atoms with Crippen molar-refractivity contribution in [3.63, 3.8) is 0 Å². The third-order valence-electron chi connectivity index (χ3n) is 2.98. The van der Waals surface area contributed by atoms with Crippen LogP contribution in [0.2, 0.25) is 0 Å². The van der Waals surface area contributed by atoms with Gasteiger partial charge in [-0.3, -0.25) is 0 Å². The number of nitrogens with zero attached hydrogens (tertiary/aromatic N) is 5. The number of benzene rings is 1. The number of rotatable bonds is 1. The van der Waals surface area contributed by atoms with Crippen LogP contribution in [0.4, 0.5) is 5.69 Å². The molecule has 84 valence electrons. The third kappa shape index (κ3) is 1.74. The molecule has 17 heavy (non-hydrogen) atoms. The predicted octanol–water partition coefficient (Wildman–Crippen LogP) is 1.17. The quantitative estimate of drug-likeness (QED) is 0.731. The van der Waals surface area contributed by atoms with E-state index in [0.717, 1.165) is 31.1 Å². The van der Waals surface area contributed by atoms with Gasteiger partial charge >= 0.3 is 0 Å². The molecule has 1 aliphatic rings. The number of nitriles is 1. The minimum absolute atomic E-state index is 0.689. The lowest BCUT2D eigenvalue weighted by Gasteiger charge is -2.29. The van der Waals surface area contributed by atoms with Crippen LogP contribution in [0.15, 0.2) is 30.6 Å². The van der Waals surface area contributed by atoms with Crippen molar-refractivity contribution in [1.29, 1.82) is 5.26 Å². The average molecular weight is 225 g/mol. The van der Waals surface area contributed by atoms with Crippen molar-refractivity contribution in [2.75, 3.05) is 11.4 Å². The standard InChI is InChI=1S/C12H11N5/c13-7-10-2-1-3-11(6-10)16-4-5-17-9-14-15-12(17)8-16/h1-3,6,9H,4-5,8H2. The van der Waals surface area contributed by atoms with E-state index >= 15 is 0 Å². The van der Waals surface area contributed by atoms with Gasteiger partial charge in [0.25, 0.3) is 0 Å². The molecular formula is C12H11N5. The molecule has 0 saturated carbocycles. The molecule has 1 aliphatic heterocycles. The van der Waals surface area contributed by atoms with Crippen LogP contribution in [-0.2, 0) is 13.1 Å². The number of anilines is 1. The van der Waals surface area contributed by atoms with Crippen molar-refractivity contribution in [3.05, 3.63) is 42.0 Å². The van der Waals surface area contributed by atoms with Crippen molar-refractivity contribution in [3.8, 4) is 6.07 Å². The second kappa shape index (κ2) is 3.91. The van der Waals surface area contributed by atoms with Crippen molar-refractivity contribution in [2.45, 2.75) is 13.1 Å². The van der Waals surface area contributed by atoms with E-state index in [1.165, 1.54) is 0 Å². The van der Waals surface area contributed by atoms with Gasteiger partial charge in [-0.15, -0.1) is 10.2 Å². The van der Waals surface area contributed by atoms with Gasteiger partial charge < -0.3 is 9.47 Å². The molecule has 0 spiro atoms. The fourth-order valence-electron chi connectivity index (χ4n) is 2.06. The minimum Gasteiger partial charge on any atom is -0.362 e. The normalized spacial score (nSPS) is 14.2. The van der Waals surface area contributed by atoms with Crippen LogP contribution in [0.5, 0.6) is 0 Å². The van der Waals surface area contributed by atoms with E-state index < -0.39 is 0 Å². The Morgan fingerprint density at radius 3 is 3.12 bits per heavy atom. The van der Waals surface area contributed by atoms with E-state index in [1.54, 1.807) is 6.33 Å². The van der Waals surface area contributed by atoms with Gasteiger partial charge in [0.1, 0.15) is 6.33 Å². The van der Waals surface area contributed by atoms with Crippen molar-refractivity contribution in [2.24, 2.45) is 0 Å². The molecule has 0 bridgehead atoms. The summed E-state index contributed by atoms with van der Waals surface area (Å²) in [6.07, 6.45) is 1.76. The summed E-state index contributed by atoms with van der Waals surface area (Å²) in [6.45, 7) is 2.55. The number of aromatic nitrogens is 3. The fraction of sp³-hybridized carbons (Fsp3) is 0.250. The second-order valence-electron chi connectivity index (χ2n) is 4.02. The zero-order chi connectivity index (χ0) is 11.7. The molecule has 0 amide bonds. The number of fused-ring (bicyclic) bond motifs is 1. The van der Waals surface area contributed by atoms with E-state index in [-0.39, 0.29) is 0 Å². The SMILES string of the molecule is N#Cc1cccc(N2CCn3cnnc3C2)c1. The van der Waals surface area contributed by atoms with Gasteiger partial charge in [-0.05, 0) is 18.2 Å². The Balaban J connectivity index is 1.89. The lowest BCUT2D eigenvalue weighted by molar-refractivity contribution is 0.560. The maximum Gasteiger partial charge on any atom is 0.152 e. The molecule has 0 radical (unpaired) electrons. The largest absolute Gasteiger partial charge is 0.362 e. The zero-order valence-electron chi connectivity index (χ0n) is 9.24. The summed E-state index contributed by atoms with van der Waals surface area (Å²) in [5.41, 5.74) is 1.76. The predicted molar refractivity (Wildman–Crippen MR) is 62.2 cm³/mol. The molecule has 2 heterocycles. The highest BCUT2D eigenvalue weighted by atomic mass is 15.3. The van der Waals surface area contributed by atoms with Crippen LogP contribution in [0.1, 0.15) is 11.4 Å². The molecule has 1 aromatic carbocycles. The monoisotopic (exact) mass is 225 g/mol. The fourth-order valence-corrected chi connectivity index (χ4v) is 2.06. The smallest absolute Gasteiger partial charge is 0.152 e. The lowest BCUT2D eigenvalue weighted by Crippen LogP contribution is -2.33. The summed E-state index contributed by atoms with van der Waals surface area (Å²) in [7, 11) is 0. The molecule has 2 aromatic rings. The van der Waals surface area contributed by atoms with E-state index in [1.807, 2.05) is 24.3 Å². The first-order valence-corrected chi connectivity index (χ1v) is 5.48. The summed E-state index contributed by atoms with van der Waals surface area (Å²) in [5.74, 6) is 0.971. The Morgan fingerprint density at radius 1 is 1.29 bits per heavy atom. The second-order valence-corrected chi connectivity index (χ2v) is 4.02. The first kappa shape index (κ1) is 9.85. The van der Waals surface area contributed by atoms with Gasteiger partial charge in [0, 0.05) is 18.8 Å². The van der Waals surface area contributed by atoms with Crippen molar-refractivity contribution in [1.82, 2.24) is 14.8 Å². The van der Waals surface area contributed by atoms with Crippen LogP contribution in [-0.4, -0.2) is 21.3 Å². The van der Waals surface area contributed by atoms with E-state index in [9.17, 15) is 0 Å². The topological polar surface area (TPSA) is 57.7 Å². The summed E-state index contributed by atoms with van der Waals surface area (Å²) < 4.78 is 2.06. The van der Waals surface area contributed by atoms with Gasteiger partial charge in [0.05, 0.1) is 18.2 Å². The van der Waals surface area contributed by atoms with Crippen molar-refractivity contribution >= 4 is 5.69 Å². The van der Waals surface area contributed by atoms with Crippen LogP contribution in [0, 0.1) is 11.3 Å². The molecule has 0 N–H and O–H groups in total. The van der Waals surface area contributed by atoms with Crippen LogP contribution >= 0.6 is 0 Å². The molecule has 1 aromatic heterocycles. The molecular weight excluding hydrogens is 214 g/mol. The van der Waals surface area contributed by atoms with Crippen LogP contribution in [0.3, 0.4) is 0 Å². The Kier molecular flexibility index (Phi) is 2.26. The summed E-state index contributed by atoms with van der Waals surface area (Å²) in [5, 5.41) is 16.9. The summed E-state index contributed by atoms with van der Waals surface area (Å²) >= 11 is 0. The molecule has 0 aliphatic carbocycles. The van der Waals surface area contributed by atoms with Gasteiger partial charge in [0.2, 0.25) is 0 Å². The van der Waals surface area contributed by atoms with Gasteiger partial charge in [-0.2, -0.15) is 5.26 Å². The highest BCUT2D eigenvalue weighted by Crippen LogP contribution is 2.20. The first-order valence-electron chi connectivity index (χ1n) is 5.48. The third-order valence-corrected chi connectivity index (χ3v) is 2.98. The molecule has 0 fully saturated rings. The van der Waals surface area contributed by atoms with E-state index in [4.69, 9.17) is 5.26 Å². The molecule has 0 unspecified atom stereocenters. The Labute approximate surface area is 98.9 Å². The minimum atomic E-state index is 0.689. The van der Waals surface area contributed by atoms with Crippen molar-refractivity contribution < 1.29 is 0 Å². The van der Waals surface area contributed by atoms with Gasteiger partial charge in [0.15, 0.2) is 5.82 Å². The summed E-state index contributed by atoms with van der Waals surface area (Å²) in [4.78, 5) is 2.21. The lowest BCUT2D eigenvalue weighted by atomic mass is 10.2. The van der Waals surface area contributed by atoms with E-state index in [0.29, 0.717) is 5.56 Å². The molecule has 5 nitrogen and oxygen atoms in total. The summed E-state index contributed by atoms with van der Waals surface area (Å²) in [6, 6.07) is 9.82. The van der Waals surface area contributed by atoms with Crippen LogP contribution < -0.4 is 4.90 Å². The Bertz CT molecular complexity index is 581. The van der Waals surface area contributed by atoms with Gasteiger partial charge in [-0.1, -0.05) is 6.07 Å².